The normalized spacial score (nSPS) is 12.3. The van der Waals surface area contributed by atoms with Crippen LogP contribution in [0.15, 0.2) is 42.5 Å². The topological polar surface area (TPSA) is 35.5 Å². The smallest absolute Gasteiger partial charge is 0.338 e. The molecule has 0 saturated heterocycles. The van der Waals surface area contributed by atoms with Gasteiger partial charge in [-0.1, -0.05) is 43.3 Å². The van der Waals surface area contributed by atoms with E-state index in [-0.39, 0.29) is 11.9 Å². The van der Waals surface area contributed by atoms with Gasteiger partial charge in [0.05, 0.1) is 18.8 Å². The van der Waals surface area contributed by atoms with E-state index in [4.69, 9.17) is 9.47 Å². The highest BCUT2D eigenvalue weighted by molar-refractivity contribution is 6.04. The van der Waals surface area contributed by atoms with Crippen molar-refractivity contribution in [2.45, 2.75) is 13.3 Å². The second kappa shape index (κ2) is 7.06. The zero-order valence-corrected chi connectivity index (χ0v) is 12.0. The first kappa shape index (κ1) is 14.5. The molecule has 0 aliphatic rings. The predicted octanol–water partition coefficient (Wildman–Crippen LogP) is 3.67. The first-order valence-corrected chi connectivity index (χ1v) is 6.90. The quantitative estimate of drug-likeness (QED) is 0.753. The van der Waals surface area contributed by atoms with E-state index in [1.165, 1.54) is 0 Å². The van der Waals surface area contributed by atoms with Gasteiger partial charge in [-0.3, -0.25) is 0 Å². The summed E-state index contributed by atoms with van der Waals surface area (Å²) in [6, 6.07) is 13.5. The molecule has 0 aromatic heterocycles. The van der Waals surface area contributed by atoms with Gasteiger partial charge < -0.3 is 9.47 Å². The summed E-state index contributed by atoms with van der Waals surface area (Å²) in [7, 11) is 1.66. The number of hydrogen-bond acceptors (Lipinski definition) is 3. The first-order valence-electron chi connectivity index (χ1n) is 6.90. The molecule has 1 unspecified atom stereocenters. The zero-order chi connectivity index (χ0) is 14.4. The summed E-state index contributed by atoms with van der Waals surface area (Å²) in [4.78, 5) is 12.2. The van der Waals surface area contributed by atoms with Crippen LogP contribution in [0, 0.1) is 5.92 Å². The van der Waals surface area contributed by atoms with Crippen molar-refractivity contribution in [3.8, 4) is 0 Å². The van der Waals surface area contributed by atoms with Crippen molar-refractivity contribution in [1.29, 1.82) is 0 Å². The molecule has 0 bridgehead atoms. The van der Waals surface area contributed by atoms with Gasteiger partial charge in [0.15, 0.2) is 0 Å². The number of fused-ring (bicyclic) bond motifs is 1. The maximum atomic E-state index is 12.2. The number of esters is 1. The lowest BCUT2D eigenvalue weighted by Gasteiger charge is -2.14. The minimum Gasteiger partial charge on any atom is -0.462 e. The highest BCUT2D eigenvalue weighted by atomic mass is 16.5. The minimum atomic E-state index is -0.267. The fraction of sp³-hybridized carbons (Fsp3) is 0.353. The standard InChI is InChI=1S/C17H20O3/c1-3-13(11-19-2)12-20-17(18)16-10-6-8-14-7-4-5-9-15(14)16/h4-10,13H,3,11-12H2,1-2H3. The maximum Gasteiger partial charge on any atom is 0.338 e. The van der Waals surface area contributed by atoms with Gasteiger partial charge in [-0.25, -0.2) is 4.79 Å². The van der Waals surface area contributed by atoms with Crippen LogP contribution in [-0.4, -0.2) is 26.3 Å². The Morgan fingerprint density at radius 1 is 1.10 bits per heavy atom. The van der Waals surface area contributed by atoms with Crippen LogP contribution in [0.25, 0.3) is 10.8 Å². The van der Waals surface area contributed by atoms with E-state index in [2.05, 4.69) is 6.92 Å². The summed E-state index contributed by atoms with van der Waals surface area (Å²) in [5.41, 5.74) is 0.621. The van der Waals surface area contributed by atoms with E-state index in [9.17, 15) is 4.79 Å². The molecule has 0 aliphatic carbocycles. The fourth-order valence-corrected chi connectivity index (χ4v) is 2.19. The zero-order valence-electron chi connectivity index (χ0n) is 12.0. The number of methoxy groups -OCH3 is 1. The van der Waals surface area contributed by atoms with Crippen LogP contribution in [0.3, 0.4) is 0 Å². The summed E-state index contributed by atoms with van der Waals surface area (Å²) in [6.07, 6.45) is 0.927. The van der Waals surface area contributed by atoms with Crippen LogP contribution < -0.4 is 0 Å². The highest BCUT2D eigenvalue weighted by Crippen LogP contribution is 2.19. The Kier molecular flexibility index (Phi) is 5.13. The summed E-state index contributed by atoms with van der Waals surface area (Å²) >= 11 is 0. The van der Waals surface area contributed by atoms with E-state index >= 15 is 0 Å². The van der Waals surface area contributed by atoms with Crippen molar-refractivity contribution in [3.63, 3.8) is 0 Å². The Hall–Kier alpha value is -1.87. The largest absolute Gasteiger partial charge is 0.462 e. The summed E-state index contributed by atoms with van der Waals surface area (Å²) in [5, 5.41) is 1.98. The summed E-state index contributed by atoms with van der Waals surface area (Å²) < 4.78 is 10.5. The van der Waals surface area contributed by atoms with Crippen LogP contribution in [0.2, 0.25) is 0 Å². The second-order valence-corrected chi connectivity index (χ2v) is 4.85. The molecule has 0 aliphatic heterocycles. The molecular formula is C17H20O3. The number of hydrogen-bond donors (Lipinski definition) is 0. The van der Waals surface area contributed by atoms with Crippen LogP contribution in [-0.2, 0) is 9.47 Å². The SMILES string of the molecule is CCC(COC)COC(=O)c1cccc2ccccc12. The Balaban J connectivity index is 2.11. The van der Waals surface area contributed by atoms with Gasteiger partial charge in [-0.05, 0) is 23.3 Å². The average Bonchev–Trinajstić information content (AvgIpc) is 2.50. The molecule has 2 aromatic carbocycles. The molecule has 1 atom stereocenters. The second-order valence-electron chi connectivity index (χ2n) is 4.85. The van der Waals surface area contributed by atoms with Gasteiger partial charge in [0.1, 0.15) is 0 Å². The van der Waals surface area contributed by atoms with Crippen molar-refractivity contribution in [2.75, 3.05) is 20.3 Å². The molecule has 0 heterocycles. The molecule has 0 N–H and O–H groups in total. The molecule has 2 aromatic rings. The van der Waals surface area contributed by atoms with E-state index in [0.29, 0.717) is 18.8 Å². The maximum absolute atomic E-state index is 12.2. The van der Waals surface area contributed by atoms with Crippen molar-refractivity contribution in [3.05, 3.63) is 48.0 Å². The third-order valence-corrected chi connectivity index (χ3v) is 3.44. The van der Waals surface area contributed by atoms with E-state index < -0.39 is 0 Å². The minimum absolute atomic E-state index is 0.249. The fourth-order valence-electron chi connectivity index (χ4n) is 2.19. The predicted molar refractivity (Wildman–Crippen MR) is 79.9 cm³/mol. The van der Waals surface area contributed by atoms with Crippen LogP contribution in [0.4, 0.5) is 0 Å². The average molecular weight is 272 g/mol. The van der Waals surface area contributed by atoms with Crippen LogP contribution in [0.1, 0.15) is 23.7 Å². The number of rotatable bonds is 6. The van der Waals surface area contributed by atoms with Gasteiger partial charge in [-0.2, -0.15) is 0 Å². The molecule has 3 heteroatoms. The third-order valence-electron chi connectivity index (χ3n) is 3.44. The van der Waals surface area contributed by atoms with Gasteiger partial charge in [0.25, 0.3) is 0 Å². The van der Waals surface area contributed by atoms with Crippen LogP contribution >= 0.6 is 0 Å². The Morgan fingerprint density at radius 3 is 2.60 bits per heavy atom. The number of carbonyl (C=O) groups is 1. The molecule has 106 valence electrons. The molecule has 3 nitrogen and oxygen atoms in total. The van der Waals surface area contributed by atoms with Gasteiger partial charge in [-0.15, -0.1) is 0 Å². The summed E-state index contributed by atoms with van der Waals surface area (Å²) in [6.45, 7) is 3.07. The third kappa shape index (κ3) is 3.36. The van der Waals surface area contributed by atoms with Crippen molar-refractivity contribution in [1.82, 2.24) is 0 Å². The Bertz CT molecular complexity index is 572. The van der Waals surface area contributed by atoms with E-state index in [1.54, 1.807) is 7.11 Å². The van der Waals surface area contributed by atoms with Crippen LogP contribution in [0.5, 0.6) is 0 Å². The molecule has 0 fully saturated rings. The van der Waals surface area contributed by atoms with Gasteiger partial charge in [0.2, 0.25) is 0 Å². The van der Waals surface area contributed by atoms with Crippen molar-refractivity contribution >= 4 is 16.7 Å². The molecule has 0 radical (unpaired) electrons. The molecule has 20 heavy (non-hydrogen) atoms. The lowest BCUT2D eigenvalue weighted by molar-refractivity contribution is 0.0346. The monoisotopic (exact) mass is 272 g/mol. The Morgan fingerprint density at radius 2 is 1.85 bits per heavy atom. The number of carbonyl (C=O) groups excluding carboxylic acids is 1. The lowest BCUT2D eigenvalue weighted by Crippen LogP contribution is -2.18. The number of ether oxygens (including phenoxy) is 2. The number of benzene rings is 2. The van der Waals surface area contributed by atoms with E-state index in [1.807, 2.05) is 42.5 Å². The van der Waals surface area contributed by atoms with Crippen molar-refractivity contribution in [2.24, 2.45) is 5.92 Å². The Labute approximate surface area is 119 Å². The molecular weight excluding hydrogens is 252 g/mol. The molecule has 0 saturated carbocycles. The van der Waals surface area contributed by atoms with Gasteiger partial charge in [0, 0.05) is 13.0 Å². The lowest BCUT2D eigenvalue weighted by atomic mass is 10.0. The molecule has 2 rings (SSSR count). The first-order chi connectivity index (χ1) is 9.76. The highest BCUT2D eigenvalue weighted by Gasteiger charge is 2.14. The van der Waals surface area contributed by atoms with Crippen molar-refractivity contribution < 1.29 is 14.3 Å². The molecule has 0 amide bonds. The van der Waals surface area contributed by atoms with Gasteiger partial charge >= 0.3 is 5.97 Å². The van der Waals surface area contributed by atoms with E-state index in [0.717, 1.165) is 17.2 Å². The summed E-state index contributed by atoms with van der Waals surface area (Å²) in [5.74, 6) is -0.0183. The molecule has 0 spiro atoms.